The number of hydrogen-bond donors (Lipinski definition) is 1. The third-order valence-electron chi connectivity index (χ3n) is 4.57. The lowest BCUT2D eigenvalue weighted by molar-refractivity contribution is 0.102. The number of carbonyl (C=O) groups is 1. The highest BCUT2D eigenvalue weighted by molar-refractivity contribution is 7.07. The summed E-state index contributed by atoms with van der Waals surface area (Å²) in [6, 6.07) is 15.2. The number of benzene rings is 2. The molecule has 1 aromatic heterocycles. The molecule has 1 N–H and O–H groups in total. The molecule has 3 aromatic rings. The van der Waals surface area contributed by atoms with Gasteiger partial charge in [0, 0.05) is 24.0 Å². The molecule has 138 valence electrons. The van der Waals surface area contributed by atoms with Crippen LogP contribution in [0.3, 0.4) is 0 Å². The zero-order valence-corrected chi connectivity index (χ0v) is 15.7. The fraction of sp³-hybridized carbons (Fsp3) is 0.238. The molecule has 0 atom stereocenters. The molecule has 2 heterocycles. The van der Waals surface area contributed by atoms with Gasteiger partial charge < -0.3 is 15.0 Å². The average Bonchev–Trinajstić information content (AvgIpc) is 3.41. The Kier molecular flexibility index (Phi) is 5.34. The van der Waals surface area contributed by atoms with Gasteiger partial charge in [-0.15, -0.1) is 11.3 Å². The Bertz CT molecular complexity index is 905. The van der Waals surface area contributed by atoms with Crippen molar-refractivity contribution >= 4 is 28.6 Å². The van der Waals surface area contributed by atoms with E-state index in [9.17, 15) is 4.79 Å². The van der Waals surface area contributed by atoms with Gasteiger partial charge in [-0.2, -0.15) is 0 Å². The number of thiazole rings is 1. The summed E-state index contributed by atoms with van der Waals surface area (Å²) < 4.78 is 5.75. The number of aromatic nitrogens is 1. The van der Waals surface area contributed by atoms with Crippen molar-refractivity contribution < 1.29 is 9.53 Å². The van der Waals surface area contributed by atoms with Crippen LogP contribution in [0.1, 0.15) is 28.9 Å². The first kappa shape index (κ1) is 17.5. The molecule has 0 aliphatic carbocycles. The van der Waals surface area contributed by atoms with Gasteiger partial charge in [0.25, 0.3) is 5.91 Å². The number of nitrogens with zero attached hydrogens (tertiary/aromatic N) is 2. The summed E-state index contributed by atoms with van der Waals surface area (Å²) in [4.78, 5) is 19.3. The molecule has 6 heteroatoms. The second-order valence-corrected chi connectivity index (χ2v) is 7.18. The van der Waals surface area contributed by atoms with Crippen molar-refractivity contribution in [3.63, 3.8) is 0 Å². The molecule has 5 nitrogen and oxygen atoms in total. The van der Waals surface area contributed by atoms with Crippen LogP contribution in [-0.4, -0.2) is 24.0 Å². The molecule has 1 amide bonds. The van der Waals surface area contributed by atoms with Crippen molar-refractivity contribution in [3.05, 3.63) is 70.7 Å². The van der Waals surface area contributed by atoms with Gasteiger partial charge in [0.15, 0.2) is 0 Å². The smallest absolute Gasteiger partial charge is 0.255 e. The van der Waals surface area contributed by atoms with E-state index in [0.717, 1.165) is 30.2 Å². The summed E-state index contributed by atoms with van der Waals surface area (Å²) in [5.41, 5.74) is 5.16. The molecular weight excluding hydrogens is 358 g/mol. The van der Waals surface area contributed by atoms with E-state index in [1.807, 2.05) is 35.7 Å². The van der Waals surface area contributed by atoms with Crippen LogP contribution in [0.25, 0.3) is 0 Å². The second kappa shape index (κ2) is 8.22. The monoisotopic (exact) mass is 379 g/mol. The van der Waals surface area contributed by atoms with E-state index >= 15 is 0 Å². The lowest BCUT2D eigenvalue weighted by Gasteiger charge is -2.21. The zero-order valence-electron chi connectivity index (χ0n) is 14.9. The Hall–Kier alpha value is -2.86. The topological polar surface area (TPSA) is 54.5 Å². The van der Waals surface area contributed by atoms with Gasteiger partial charge in [-0.3, -0.25) is 4.79 Å². The van der Waals surface area contributed by atoms with Crippen LogP contribution in [0, 0.1) is 0 Å². The Morgan fingerprint density at radius 1 is 1.15 bits per heavy atom. The van der Waals surface area contributed by atoms with Crippen LogP contribution in [0.15, 0.2) is 59.4 Å². The van der Waals surface area contributed by atoms with Gasteiger partial charge in [0.05, 0.1) is 22.6 Å². The SMILES string of the molecule is O=C(Nc1ccccc1N1CCCC1)c1cccc(OCc2cscn2)c1. The van der Waals surface area contributed by atoms with Crippen LogP contribution >= 0.6 is 11.3 Å². The van der Waals surface area contributed by atoms with E-state index in [0.29, 0.717) is 17.9 Å². The fourth-order valence-corrected chi connectivity index (χ4v) is 3.74. The van der Waals surface area contributed by atoms with Crippen LogP contribution in [-0.2, 0) is 6.61 Å². The molecule has 1 aliphatic rings. The van der Waals surface area contributed by atoms with Crippen LogP contribution < -0.4 is 15.0 Å². The standard InChI is InChI=1S/C21H21N3O2S/c25-21(23-19-8-1-2-9-20(19)24-10-3-4-11-24)16-6-5-7-18(12-16)26-13-17-14-27-15-22-17/h1-2,5-9,12,14-15H,3-4,10-11,13H2,(H,23,25). The van der Waals surface area contributed by atoms with Gasteiger partial charge in [-0.05, 0) is 43.2 Å². The van der Waals surface area contributed by atoms with E-state index in [1.54, 1.807) is 17.6 Å². The minimum atomic E-state index is -0.138. The van der Waals surface area contributed by atoms with Crippen molar-refractivity contribution in [3.8, 4) is 5.75 Å². The molecule has 0 radical (unpaired) electrons. The highest BCUT2D eigenvalue weighted by atomic mass is 32.1. The highest BCUT2D eigenvalue weighted by Gasteiger charge is 2.17. The normalized spacial score (nSPS) is 13.6. The third kappa shape index (κ3) is 4.28. The maximum Gasteiger partial charge on any atom is 0.255 e. The molecule has 0 saturated carbocycles. The van der Waals surface area contributed by atoms with Crippen molar-refractivity contribution in [2.24, 2.45) is 0 Å². The Balaban J connectivity index is 1.46. The highest BCUT2D eigenvalue weighted by Crippen LogP contribution is 2.29. The Morgan fingerprint density at radius 3 is 2.81 bits per heavy atom. The average molecular weight is 379 g/mol. The number of hydrogen-bond acceptors (Lipinski definition) is 5. The van der Waals surface area contributed by atoms with Crippen molar-refractivity contribution in [1.29, 1.82) is 0 Å². The zero-order chi connectivity index (χ0) is 18.5. The second-order valence-electron chi connectivity index (χ2n) is 6.46. The lowest BCUT2D eigenvalue weighted by Crippen LogP contribution is -2.21. The Morgan fingerprint density at radius 2 is 2.00 bits per heavy atom. The number of amides is 1. The van der Waals surface area contributed by atoms with Crippen molar-refractivity contribution in [2.45, 2.75) is 19.4 Å². The molecule has 0 unspecified atom stereocenters. The summed E-state index contributed by atoms with van der Waals surface area (Å²) in [5, 5.41) is 5.00. The quantitative estimate of drug-likeness (QED) is 0.681. The summed E-state index contributed by atoms with van der Waals surface area (Å²) in [7, 11) is 0. The van der Waals surface area contributed by atoms with E-state index in [2.05, 4.69) is 21.3 Å². The molecule has 0 spiro atoms. The van der Waals surface area contributed by atoms with Gasteiger partial charge in [-0.1, -0.05) is 18.2 Å². The molecule has 1 fully saturated rings. The van der Waals surface area contributed by atoms with Crippen LogP contribution in [0.2, 0.25) is 0 Å². The van der Waals surface area contributed by atoms with Gasteiger partial charge in [0.2, 0.25) is 0 Å². The number of carbonyl (C=O) groups excluding carboxylic acids is 1. The molecule has 1 saturated heterocycles. The molecular formula is C21H21N3O2S. The number of anilines is 2. The Labute approximate surface area is 162 Å². The van der Waals surface area contributed by atoms with Gasteiger partial charge in [0.1, 0.15) is 12.4 Å². The summed E-state index contributed by atoms with van der Waals surface area (Å²) in [6.07, 6.45) is 2.39. The minimum absolute atomic E-state index is 0.138. The van der Waals surface area contributed by atoms with E-state index in [-0.39, 0.29) is 5.91 Å². The molecule has 2 aromatic carbocycles. The molecule has 1 aliphatic heterocycles. The van der Waals surface area contributed by atoms with Crippen LogP contribution in [0.4, 0.5) is 11.4 Å². The fourth-order valence-electron chi connectivity index (χ4n) is 3.20. The first-order valence-corrected chi connectivity index (χ1v) is 9.99. The molecule has 0 bridgehead atoms. The maximum atomic E-state index is 12.8. The van der Waals surface area contributed by atoms with Gasteiger partial charge in [-0.25, -0.2) is 4.98 Å². The number of nitrogens with one attached hydrogen (secondary N) is 1. The number of rotatable bonds is 6. The minimum Gasteiger partial charge on any atom is -0.487 e. The summed E-state index contributed by atoms with van der Waals surface area (Å²) >= 11 is 1.54. The predicted molar refractivity (Wildman–Crippen MR) is 109 cm³/mol. The molecule has 4 rings (SSSR count). The van der Waals surface area contributed by atoms with Crippen molar-refractivity contribution in [2.75, 3.05) is 23.3 Å². The maximum absolute atomic E-state index is 12.8. The number of para-hydroxylation sites is 2. The van der Waals surface area contributed by atoms with E-state index in [4.69, 9.17) is 4.74 Å². The van der Waals surface area contributed by atoms with E-state index < -0.39 is 0 Å². The summed E-state index contributed by atoms with van der Waals surface area (Å²) in [5.74, 6) is 0.518. The third-order valence-corrected chi connectivity index (χ3v) is 5.20. The van der Waals surface area contributed by atoms with Gasteiger partial charge >= 0.3 is 0 Å². The lowest BCUT2D eigenvalue weighted by atomic mass is 10.2. The predicted octanol–water partition coefficient (Wildman–Crippen LogP) is 4.57. The van der Waals surface area contributed by atoms with E-state index in [1.165, 1.54) is 24.2 Å². The molecule has 27 heavy (non-hydrogen) atoms. The largest absolute Gasteiger partial charge is 0.487 e. The first-order valence-electron chi connectivity index (χ1n) is 9.05. The number of ether oxygens (including phenoxy) is 1. The van der Waals surface area contributed by atoms with Crippen LogP contribution in [0.5, 0.6) is 5.75 Å². The summed E-state index contributed by atoms with van der Waals surface area (Å²) in [6.45, 7) is 2.46. The van der Waals surface area contributed by atoms with Crippen molar-refractivity contribution in [1.82, 2.24) is 4.98 Å². The first-order chi connectivity index (χ1) is 13.3.